The molecular weight excluding hydrogens is 358 g/mol. The van der Waals surface area contributed by atoms with Gasteiger partial charge >= 0.3 is 0 Å². The number of likely N-dealkylation sites (tertiary alicyclic amines) is 1. The molecule has 1 aliphatic heterocycles. The van der Waals surface area contributed by atoms with Crippen LogP contribution in [0.4, 0.5) is 0 Å². The van der Waals surface area contributed by atoms with Crippen LogP contribution in [0.25, 0.3) is 16.5 Å². The average molecular weight is 382 g/mol. The molecule has 4 heterocycles. The Hall–Kier alpha value is -2.54. The number of hydrogen-bond acceptors (Lipinski definition) is 5. The van der Waals surface area contributed by atoms with Gasteiger partial charge in [0.25, 0.3) is 11.9 Å². The van der Waals surface area contributed by atoms with Crippen LogP contribution >= 0.6 is 11.3 Å². The fraction of sp³-hybridized carbons (Fsp3) is 0.400. The minimum atomic E-state index is 0.0518. The minimum absolute atomic E-state index is 0.0518. The van der Waals surface area contributed by atoms with Crippen LogP contribution in [0.1, 0.15) is 41.4 Å². The summed E-state index contributed by atoms with van der Waals surface area (Å²) in [6.45, 7) is 7.73. The maximum atomic E-state index is 13.0. The fourth-order valence-electron chi connectivity index (χ4n) is 3.56. The van der Waals surface area contributed by atoms with Gasteiger partial charge in [-0.1, -0.05) is 13.0 Å². The Labute approximate surface area is 162 Å². The molecule has 4 rings (SSSR count). The molecule has 1 aliphatic rings. The van der Waals surface area contributed by atoms with E-state index in [2.05, 4.69) is 17.0 Å². The summed E-state index contributed by atoms with van der Waals surface area (Å²) in [6.07, 6.45) is 5.70. The number of aryl methyl sites for hydroxylation is 1. The Morgan fingerprint density at radius 2 is 2.15 bits per heavy atom. The van der Waals surface area contributed by atoms with E-state index in [1.165, 1.54) is 6.42 Å². The van der Waals surface area contributed by atoms with Gasteiger partial charge in [0, 0.05) is 19.3 Å². The van der Waals surface area contributed by atoms with Crippen LogP contribution in [0, 0.1) is 19.8 Å². The molecule has 0 radical (unpaired) electrons. The highest BCUT2D eigenvalue weighted by molar-refractivity contribution is 7.13. The van der Waals surface area contributed by atoms with Crippen LogP contribution in [0.15, 0.2) is 29.9 Å². The molecule has 140 valence electrons. The van der Waals surface area contributed by atoms with E-state index in [1.54, 1.807) is 22.2 Å². The van der Waals surface area contributed by atoms with Crippen LogP contribution in [0.3, 0.4) is 0 Å². The van der Waals surface area contributed by atoms with Gasteiger partial charge in [-0.25, -0.2) is 14.6 Å². The van der Waals surface area contributed by atoms with Gasteiger partial charge in [0.15, 0.2) is 0 Å². The maximum Gasteiger partial charge on any atom is 0.257 e. The van der Waals surface area contributed by atoms with Gasteiger partial charge in [0.2, 0.25) is 0 Å². The van der Waals surface area contributed by atoms with Crippen LogP contribution in [-0.4, -0.2) is 43.6 Å². The Morgan fingerprint density at radius 3 is 2.89 bits per heavy atom. The molecule has 0 saturated carbocycles. The molecule has 0 N–H and O–H groups in total. The van der Waals surface area contributed by atoms with Crippen LogP contribution in [0.5, 0.6) is 0 Å². The van der Waals surface area contributed by atoms with Crippen molar-refractivity contribution in [1.82, 2.24) is 24.6 Å². The van der Waals surface area contributed by atoms with E-state index in [0.29, 0.717) is 17.4 Å². The number of rotatable bonds is 3. The molecule has 1 saturated heterocycles. The molecule has 0 aromatic carbocycles. The third-order valence-electron chi connectivity index (χ3n) is 5.09. The molecule has 0 bridgehead atoms. The van der Waals surface area contributed by atoms with Gasteiger partial charge in [-0.05, 0) is 49.6 Å². The lowest BCUT2D eigenvalue weighted by Crippen LogP contribution is -2.39. The fourth-order valence-corrected chi connectivity index (χ4v) is 4.34. The molecule has 1 unspecified atom stereocenters. The van der Waals surface area contributed by atoms with Crippen molar-refractivity contribution >= 4 is 17.2 Å². The van der Waals surface area contributed by atoms with E-state index in [0.717, 1.165) is 41.3 Å². The van der Waals surface area contributed by atoms with Gasteiger partial charge in [0.05, 0.1) is 28.0 Å². The molecule has 27 heavy (non-hydrogen) atoms. The summed E-state index contributed by atoms with van der Waals surface area (Å²) in [5.41, 5.74) is 3.33. The molecule has 1 atom stereocenters. The lowest BCUT2D eigenvalue weighted by molar-refractivity contribution is 0.0682. The van der Waals surface area contributed by atoms with Crippen molar-refractivity contribution in [2.75, 3.05) is 13.1 Å². The summed E-state index contributed by atoms with van der Waals surface area (Å²) >= 11 is 1.65. The second-order valence-electron chi connectivity index (χ2n) is 7.23. The number of carbonyl (C=O) groups is 1. The normalized spacial score (nSPS) is 17.3. The first-order chi connectivity index (χ1) is 13.0. The molecule has 0 aliphatic carbocycles. The summed E-state index contributed by atoms with van der Waals surface area (Å²) < 4.78 is 1.66. The average Bonchev–Trinajstić information content (AvgIpc) is 3.32. The van der Waals surface area contributed by atoms with Crippen LogP contribution < -0.4 is 0 Å². The highest BCUT2D eigenvalue weighted by Gasteiger charge is 2.25. The summed E-state index contributed by atoms with van der Waals surface area (Å²) in [7, 11) is 0. The van der Waals surface area contributed by atoms with E-state index in [-0.39, 0.29) is 5.91 Å². The summed E-state index contributed by atoms with van der Waals surface area (Å²) in [5, 5.41) is 6.45. The van der Waals surface area contributed by atoms with Crippen molar-refractivity contribution < 1.29 is 4.79 Å². The zero-order chi connectivity index (χ0) is 19.0. The van der Waals surface area contributed by atoms with Crippen molar-refractivity contribution in [3.63, 3.8) is 0 Å². The Morgan fingerprint density at radius 1 is 1.30 bits per heavy atom. The predicted octanol–water partition coefficient (Wildman–Crippen LogP) is 3.88. The van der Waals surface area contributed by atoms with Crippen molar-refractivity contribution in [3.8, 4) is 16.5 Å². The number of piperidine rings is 1. The number of aromatic nitrogens is 4. The summed E-state index contributed by atoms with van der Waals surface area (Å²) in [5.74, 6) is 1.09. The largest absolute Gasteiger partial charge is 0.338 e. The SMILES string of the molecule is Cc1cnc(-n2ncc(C(=O)N3CCCC(C)C3)c2C)nc1-c1cccs1. The first-order valence-electron chi connectivity index (χ1n) is 9.26. The van der Waals surface area contributed by atoms with Gasteiger partial charge in [-0.2, -0.15) is 5.10 Å². The Balaban J connectivity index is 1.66. The van der Waals surface area contributed by atoms with Gasteiger partial charge in [-0.3, -0.25) is 4.79 Å². The second-order valence-corrected chi connectivity index (χ2v) is 8.18. The number of hydrogen-bond donors (Lipinski definition) is 0. The molecule has 3 aromatic rings. The number of amides is 1. The third kappa shape index (κ3) is 3.39. The zero-order valence-electron chi connectivity index (χ0n) is 15.8. The third-order valence-corrected chi connectivity index (χ3v) is 5.96. The van der Waals surface area contributed by atoms with Crippen LogP contribution in [0.2, 0.25) is 0 Å². The quantitative estimate of drug-likeness (QED) is 0.691. The first-order valence-corrected chi connectivity index (χ1v) is 10.1. The summed E-state index contributed by atoms with van der Waals surface area (Å²) in [6, 6.07) is 4.06. The van der Waals surface area contributed by atoms with Crippen molar-refractivity contribution in [3.05, 3.63) is 46.7 Å². The smallest absolute Gasteiger partial charge is 0.257 e. The maximum absolute atomic E-state index is 13.0. The highest BCUT2D eigenvalue weighted by Crippen LogP contribution is 2.26. The Bertz CT molecular complexity index is 963. The van der Waals surface area contributed by atoms with E-state index in [4.69, 9.17) is 4.98 Å². The summed E-state index contributed by atoms with van der Waals surface area (Å²) in [4.78, 5) is 25.2. The first kappa shape index (κ1) is 17.9. The topological polar surface area (TPSA) is 63.9 Å². The number of thiophene rings is 1. The number of nitrogens with zero attached hydrogens (tertiary/aromatic N) is 5. The van der Waals surface area contributed by atoms with E-state index in [9.17, 15) is 4.79 Å². The second kappa shape index (κ2) is 7.23. The monoisotopic (exact) mass is 381 g/mol. The molecule has 6 nitrogen and oxygen atoms in total. The van der Waals surface area contributed by atoms with Gasteiger partial charge in [0.1, 0.15) is 0 Å². The predicted molar refractivity (Wildman–Crippen MR) is 106 cm³/mol. The standard InChI is InChI=1S/C20H23N5OS/c1-13-6-4-8-24(12-13)19(26)16-11-22-25(15(16)3)20-21-10-14(2)18(23-20)17-7-5-9-27-17/h5,7,9-11,13H,4,6,8,12H2,1-3H3. The molecule has 0 spiro atoms. The van der Waals surface area contributed by atoms with Crippen LogP contribution in [-0.2, 0) is 0 Å². The lowest BCUT2D eigenvalue weighted by Gasteiger charge is -2.30. The molecule has 1 fully saturated rings. The highest BCUT2D eigenvalue weighted by atomic mass is 32.1. The molecule has 3 aromatic heterocycles. The Kier molecular flexibility index (Phi) is 4.78. The zero-order valence-corrected chi connectivity index (χ0v) is 16.7. The minimum Gasteiger partial charge on any atom is -0.338 e. The van der Waals surface area contributed by atoms with Crippen molar-refractivity contribution in [2.45, 2.75) is 33.6 Å². The van der Waals surface area contributed by atoms with Crippen molar-refractivity contribution in [2.24, 2.45) is 5.92 Å². The van der Waals surface area contributed by atoms with Gasteiger partial charge < -0.3 is 4.90 Å². The van der Waals surface area contributed by atoms with E-state index >= 15 is 0 Å². The molecule has 1 amide bonds. The lowest BCUT2D eigenvalue weighted by atomic mass is 9.99. The van der Waals surface area contributed by atoms with Gasteiger partial charge in [-0.15, -0.1) is 11.3 Å². The molecule has 7 heteroatoms. The number of carbonyl (C=O) groups excluding carboxylic acids is 1. The van der Waals surface area contributed by atoms with E-state index < -0.39 is 0 Å². The van der Waals surface area contributed by atoms with Crippen molar-refractivity contribution in [1.29, 1.82) is 0 Å². The van der Waals surface area contributed by atoms with E-state index in [1.807, 2.05) is 42.5 Å². The molecular formula is C20H23N5OS.